The van der Waals surface area contributed by atoms with Crippen LogP contribution in [0.2, 0.25) is 20.1 Å². The SMILES string of the molecule is NC(=N\N=C/c1ccc(Cl)c(Cl)c1)/C(N)=N\N=C/c1ccc(Cl)c(Cl)c1. The van der Waals surface area contributed by atoms with Crippen molar-refractivity contribution >= 4 is 70.5 Å². The van der Waals surface area contributed by atoms with Gasteiger partial charge in [0.1, 0.15) is 0 Å². The van der Waals surface area contributed by atoms with Crippen molar-refractivity contribution in [3.05, 3.63) is 67.6 Å². The van der Waals surface area contributed by atoms with Gasteiger partial charge in [-0.3, -0.25) is 0 Å². The van der Waals surface area contributed by atoms with Gasteiger partial charge in [-0.15, -0.1) is 10.2 Å². The zero-order valence-corrected chi connectivity index (χ0v) is 16.1. The molecule has 10 heteroatoms. The molecule has 0 aromatic heterocycles. The number of hydrogen-bond acceptors (Lipinski definition) is 4. The number of nitrogens with zero attached hydrogens (tertiary/aromatic N) is 4. The summed E-state index contributed by atoms with van der Waals surface area (Å²) in [5.41, 5.74) is 12.8. The Morgan fingerprint density at radius 2 is 1.04 bits per heavy atom. The highest BCUT2D eigenvalue weighted by molar-refractivity contribution is 6.42. The molecular weight excluding hydrogens is 418 g/mol. The number of halogens is 4. The van der Waals surface area contributed by atoms with Crippen molar-refractivity contribution < 1.29 is 0 Å². The molecule has 0 saturated heterocycles. The molecule has 0 aliphatic heterocycles. The van der Waals surface area contributed by atoms with Gasteiger partial charge in [0.2, 0.25) is 0 Å². The summed E-state index contributed by atoms with van der Waals surface area (Å²) in [6, 6.07) is 10.0. The van der Waals surface area contributed by atoms with Crippen LogP contribution in [0.15, 0.2) is 56.8 Å². The van der Waals surface area contributed by atoms with Crippen LogP contribution in [0.25, 0.3) is 0 Å². The molecule has 0 aliphatic rings. The van der Waals surface area contributed by atoms with E-state index in [0.29, 0.717) is 31.2 Å². The quantitative estimate of drug-likeness (QED) is 0.427. The van der Waals surface area contributed by atoms with Crippen LogP contribution in [0.5, 0.6) is 0 Å². The molecule has 0 bridgehead atoms. The van der Waals surface area contributed by atoms with Crippen molar-refractivity contribution in [1.29, 1.82) is 0 Å². The highest BCUT2D eigenvalue weighted by Crippen LogP contribution is 2.22. The Hall–Kier alpha value is -2.12. The molecule has 0 amide bonds. The van der Waals surface area contributed by atoms with Crippen molar-refractivity contribution in [2.75, 3.05) is 0 Å². The first-order valence-corrected chi connectivity index (χ1v) is 8.51. The Balaban J connectivity index is 2.03. The van der Waals surface area contributed by atoms with E-state index in [9.17, 15) is 0 Å². The molecule has 0 atom stereocenters. The van der Waals surface area contributed by atoms with Gasteiger partial charge in [0.15, 0.2) is 11.7 Å². The maximum absolute atomic E-state index is 5.91. The number of hydrogen-bond donors (Lipinski definition) is 2. The van der Waals surface area contributed by atoms with Crippen molar-refractivity contribution in [2.45, 2.75) is 0 Å². The summed E-state index contributed by atoms with van der Waals surface area (Å²) in [5.74, 6) is -0.180. The Kier molecular flexibility index (Phi) is 7.41. The maximum Gasteiger partial charge on any atom is 0.190 e. The topological polar surface area (TPSA) is 101 Å². The standard InChI is InChI=1S/C16H12Cl4N6/c17-11-3-1-9(5-13(11)19)7-23-25-15(21)16(22)26-24-8-10-2-4-12(18)14(20)6-10/h1-8H,(H2,21,25)(H2,22,26)/b23-7-,24-8-. The van der Waals surface area contributed by atoms with Crippen LogP contribution in [0.1, 0.15) is 11.1 Å². The van der Waals surface area contributed by atoms with Crippen LogP contribution in [-0.4, -0.2) is 24.1 Å². The van der Waals surface area contributed by atoms with Crippen molar-refractivity contribution in [3.8, 4) is 0 Å². The van der Waals surface area contributed by atoms with Crippen LogP contribution in [-0.2, 0) is 0 Å². The summed E-state index contributed by atoms with van der Waals surface area (Å²) in [5, 5.41) is 16.8. The summed E-state index contributed by atoms with van der Waals surface area (Å²) >= 11 is 23.5. The van der Waals surface area contributed by atoms with Crippen LogP contribution in [0.4, 0.5) is 0 Å². The molecule has 134 valence electrons. The first-order valence-electron chi connectivity index (χ1n) is 7.00. The molecule has 0 spiro atoms. The van der Waals surface area contributed by atoms with Gasteiger partial charge in [0.25, 0.3) is 0 Å². The molecule has 2 aromatic rings. The summed E-state index contributed by atoms with van der Waals surface area (Å²) in [6.07, 6.45) is 2.89. The van der Waals surface area contributed by atoms with Crippen LogP contribution < -0.4 is 11.5 Å². The van der Waals surface area contributed by atoms with Gasteiger partial charge in [-0.05, 0) is 35.4 Å². The van der Waals surface area contributed by atoms with E-state index in [4.69, 9.17) is 57.9 Å². The summed E-state index contributed by atoms with van der Waals surface area (Å²) in [7, 11) is 0. The van der Waals surface area contributed by atoms with E-state index < -0.39 is 0 Å². The van der Waals surface area contributed by atoms with Crippen LogP contribution in [0.3, 0.4) is 0 Å². The Labute approximate surface area is 169 Å². The van der Waals surface area contributed by atoms with Crippen LogP contribution >= 0.6 is 46.4 Å². The predicted octanol–water partition coefficient (Wildman–Crippen LogP) is 4.38. The van der Waals surface area contributed by atoms with Gasteiger partial charge in [0, 0.05) is 0 Å². The molecule has 2 aromatic carbocycles. The normalized spacial score (nSPS) is 13.1. The average Bonchev–Trinajstić information content (AvgIpc) is 2.61. The Morgan fingerprint density at radius 1 is 0.654 bits per heavy atom. The lowest BCUT2D eigenvalue weighted by Gasteiger charge is -1.97. The van der Waals surface area contributed by atoms with Gasteiger partial charge in [0.05, 0.1) is 32.5 Å². The second-order valence-electron chi connectivity index (χ2n) is 4.81. The number of amidine groups is 2. The van der Waals surface area contributed by atoms with Gasteiger partial charge in [-0.2, -0.15) is 10.2 Å². The van der Waals surface area contributed by atoms with Gasteiger partial charge in [-0.1, -0.05) is 58.5 Å². The lowest BCUT2D eigenvalue weighted by Crippen LogP contribution is -2.30. The smallest absolute Gasteiger partial charge is 0.190 e. The molecule has 6 nitrogen and oxygen atoms in total. The zero-order chi connectivity index (χ0) is 19.1. The average molecular weight is 430 g/mol. The number of nitrogens with two attached hydrogens (primary N) is 2. The summed E-state index contributed by atoms with van der Waals surface area (Å²) in [6.45, 7) is 0. The molecular formula is C16H12Cl4N6. The summed E-state index contributed by atoms with van der Waals surface area (Å²) < 4.78 is 0. The second-order valence-corrected chi connectivity index (χ2v) is 6.44. The highest BCUT2D eigenvalue weighted by atomic mass is 35.5. The maximum atomic E-state index is 5.91. The van der Waals surface area contributed by atoms with Crippen molar-refractivity contribution in [2.24, 2.45) is 31.9 Å². The summed E-state index contributed by atoms with van der Waals surface area (Å²) in [4.78, 5) is 0. The number of rotatable bonds is 4. The van der Waals surface area contributed by atoms with Gasteiger partial charge in [-0.25, -0.2) is 0 Å². The predicted molar refractivity (Wildman–Crippen MR) is 111 cm³/mol. The van der Waals surface area contributed by atoms with E-state index in [-0.39, 0.29) is 11.7 Å². The minimum atomic E-state index is -0.0902. The molecule has 0 aliphatic carbocycles. The fourth-order valence-electron chi connectivity index (χ4n) is 1.60. The zero-order valence-electron chi connectivity index (χ0n) is 13.1. The Morgan fingerprint density at radius 3 is 1.38 bits per heavy atom. The van der Waals surface area contributed by atoms with Crippen molar-refractivity contribution in [3.63, 3.8) is 0 Å². The minimum Gasteiger partial charge on any atom is -0.379 e. The molecule has 0 fully saturated rings. The molecule has 2 rings (SSSR count). The first-order chi connectivity index (χ1) is 12.4. The third-order valence-corrected chi connectivity index (χ3v) is 4.37. The van der Waals surface area contributed by atoms with E-state index in [1.165, 1.54) is 12.4 Å². The van der Waals surface area contributed by atoms with E-state index in [0.717, 1.165) is 0 Å². The van der Waals surface area contributed by atoms with E-state index in [2.05, 4.69) is 20.4 Å². The van der Waals surface area contributed by atoms with Gasteiger partial charge < -0.3 is 11.5 Å². The second kappa shape index (κ2) is 9.54. The largest absolute Gasteiger partial charge is 0.379 e. The fraction of sp³-hybridized carbons (Fsp3) is 0. The fourth-order valence-corrected chi connectivity index (χ4v) is 2.22. The molecule has 26 heavy (non-hydrogen) atoms. The third-order valence-electron chi connectivity index (χ3n) is 2.89. The molecule has 4 N–H and O–H groups in total. The molecule has 0 radical (unpaired) electrons. The number of benzene rings is 2. The monoisotopic (exact) mass is 428 g/mol. The Bertz CT molecular complexity index is 845. The highest BCUT2D eigenvalue weighted by Gasteiger charge is 2.00. The van der Waals surface area contributed by atoms with Crippen molar-refractivity contribution in [1.82, 2.24) is 0 Å². The minimum absolute atomic E-state index is 0.0902. The molecule has 0 unspecified atom stereocenters. The van der Waals surface area contributed by atoms with Gasteiger partial charge >= 0.3 is 0 Å². The molecule has 0 heterocycles. The third kappa shape index (κ3) is 6.00. The van der Waals surface area contributed by atoms with E-state index in [1.54, 1.807) is 36.4 Å². The first kappa shape index (κ1) is 20.2. The molecule has 0 saturated carbocycles. The lowest BCUT2D eigenvalue weighted by molar-refractivity contribution is 1.21. The van der Waals surface area contributed by atoms with Crippen LogP contribution in [0, 0.1) is 0 Å². The van der Waals surface area contributed by atoms with E-state index >= 15 is 0 Å². The van der Waals surface area contributed by atoms with E-state index in [1.807, 2.05) is 0 Å². The lowest BCUT2D eigenvalue weighted by atomic mass is 10.2.